The first kappa shape index (κ1) is 14.8. The summed E-state index contributed by atoms with van der Waals surface area (Å²) < 4.78 is 0. The van der Waals surface area contributed by atoms with Gasteiger partial charge in [0, 0.05) is 0 Å². The molecular weight excluding hydrogens is 240 g/mol. The van der Waals surface area contributed by atoms with Crippen molar-refractivity contribution < 1.29 is 0 Å². The molecule has 0 nitrogen and oxygen atoms in total. The first-order valence-electron chi connectivity index (χ1n) is 7.61. The molecule has 0 heterocycles. The summed E-state index contributed by atoms with van der Waals surface area (Å²) in [5.74, 6) is 1.09. The van der Waals surface area contributed by atoms with Gasteiger partial charge in [0.2, 0.25) is 0 Å². The number of rotatable bonds is 3. The minimum Gasteiger partial charge on any atom is -0.0587 e. The molecule has 2 aromatic rings. The standard InChI is InChI=1S/C20H26/c1-13(2)19-11-15(5)7-9-17(19)18-10-8-16(6)12-20(18)14(3)4/h7-14H,1-6H3. The number of hydrogen-bond donors (Lipinski definition) is 0. The van der Waals surface area contributed by atoms with E-state index in [1.165, 1.54) is 33.4 Å². The quantitative estimate of drug-likeness (QED) is 0.619. The van der Waals surface area contributed by atoms with Crippen LogP contribution in [0.15, 0.2) is 36.4 Å². The maximum Gasteiger partial charge on any atom is -0.0146 e. The number of benzene rings is 2. The highest BCUT2D eigenvalue weighted by molar-refractivity contribution is 5.72. The van der Waals surface area contributed by atoms with Gasteiger partial charge in [-0.2, -0.15) is 0 Å². The Bertz CT molecular complexity index is 548. The van der Waals surface area contributed by atoms with Crippen molar-refractivity contribution in [3.05, 3.63) is 58.7 Å². The fourth-order valence-corrected chi connectivity index (χ4v) is 2.81. The van der Waals surface area contributed by atoms with Crippen LogP contribution in [-0.2, 0) is 0 Å². The molecule has 0 aliphatic carbocycles. The number of aryl methyl sites for hydroxylation is 2. The van der Waals surface area contributed by atoms with E-state index in [1.807, 2.05) is 0 Å². The van der Waals surface area contributed by atoms with E-state index in [0.29, 0.717) is 11.8 Å². The molecule has 0 bridgehead atoms. The monoisotopic (exact) mass is 266 g/mol. The van der Waals surface area contributed by atoms with E-state index in [9.17, 15) is 0 Å². The second-order valence-electron chi connectivity index (χ2n) is 6.49. The zero-order valence-corrected chi connectivity index (χ0v) is 13.6. The van der Waals surface area contributed by atoms with E-state index in [4.69, 9.17) is 0 Å². The Morgan fingerprint density at radius 3 is 1.25 bits per heavy atom. The molecule has 0 spiro atoms. The Kier molecular flexibility index (Phi) is 4.32. The molecule has 0 atom stereocenters. The molecule has 2 rings (SSSR count). The van der Waals surface area contributed by atoms with Crippen molar-refractivity contribution in [3.63, 3.8) is 0 Å². The lowest BCUT2D eigenvalue weighted by Gasteiger charge is -2.19. The summed E-state index contributed by atoms with van der Waals surface area (Å²) in [6, 6.07) is 13.7. The van der Waals surface area contributed by atoms with Crippen molar-refractivity contribution in [1.82, 2.24) is 0 Å². The fraction of sp³-hybridized carbons (Fsp3) is 0.400. The zero-order chi connectivity index (χ0) is 14.9. The van der Waals surface area contributed by atoms with Crippen LogP contribution in [-0.4, -0.2) is 0 Å². The van der Waals surface area contributed by atoms with Crippen molar-refractivity contribution in [2.24, 2.45) is 0 Å². The van der Waals surface area contributed by atoms with Gasteiger partial charge >= 0.3 is 0 Å². The van der Waals surface area contributed by atoms with E-state index in [2.05, 4.69) is 77.9 Å². The van der Waals surface area contributed by atoms with Gasteiger partial charge < -0.3 is 0 Å². The van der Waals surface area contributed by atoms with Crippen molar-refractivity contribution in [3.8, 4) is 11.1 Å². The van der Waals surface area contributed by atoms with E-state index in [-0.39, 0.29) is 0 Å². The van der Waals surface area contributed by atoms with Crippen LogP contribution in [0.5, 0.6) is 0 Å². The summed E-state index contributed by atoms with van der Waals surface area (Å²) in [5.41, 5.74) is 8.39. The first-order valence-corrected chi connectivity index (χ1v) is 7.61. The molecule has 106 valence electrons. The predicted octanol–water partition coefficient (Wildman–Crippen LogP) is 6.22. The fourth-order valence-electron chi connectivity index (χ4n) is 2.81. The Labute approximate surface area is 123 Å². The second-order valence-corrected chi connectivity index (χ2v) is 6.49. The molecule has 0 saturated heterocycles. The van der Waals surface area contributed by atoms with Crippen LogP contribution in [0.4, 0.5) is 0 Å². The Morgan fingerprint density at radius 1 is 0.600 bits per heavy atom. The maximum atomic E-state index is 2.34. The Hall–Kier alpha value is -1.56. The number of hydrogen-bond acceptors (Lipinski definition) is 0. The molecule has 0 N–H and O–H groups in total. The topological polar surface area (TPSA) is 0 Å². The molecule has 0 aliphatic rings. The summed E-state index contributed by atoms with van der Waals surface area (Å²) in [6.07, 6.45) is 0. The van der Waals surface area contributed by atoms with E-state index in [1.54, 1.807) is 0 Å². The second kappa shape index (κ2) is 5.83. The van der Waals surface area contributed by atoms with Gasteiger partial charge in [0.15, 0.2) is 0 Å². The lowest BCUT2D eigenvalue weighted by atomic mass is 9.85. The molecule has 0 aliphatic heterocycles. The molecular formula is C20H26. The predicted molar refractivity (Wildman–Crippen MR) is 89.5 cm³/mol. The smallest absolute Gasteiger partial charge is 0.0146 e. The molecule has 0 fully saturated rings. The highest BCUT2D eigenvalue weighted by atomic mass is 14.2. The van der Waals surface area contributed by atoms with Gasteiger partial charge in [0.05, 0.1) is 0 Å². The van der Waals surface area contributed by atoms with E-state index >= 15 is 0 Å². The lowest BCUT2D eigenvalue weighted by molar-refractivity contribution is 0.855. The van der Waals surface area contributed by atoms with E-state index in [0.717, 1.165) is 0 Å². The molecule has 0 unspecified atom stereocenters. The molecule has 0 heteroatoms. The molecule has 0 aromatic heterocycles. The van der Waals surface area contributed by atoms with Gasteiger partial charge in [-0.3, -0.25) is 0 Å². The highest BCUT2D eigenvalue weighted by Gasteiger charge is 2.14. The molecule has 20 heavy (non-hydrogen) atoms. The lowest BCUT2D eigenvalue weighted by Crippen LogP contribution is -1.98. The van der Waals surface area contributed by atoms with Crippen molar-refractivity contribution >= 4 is 0 Å². The third kappa shape index (κ3) is 2.95. The molecule has 2 aromatic carbocycles. The minimum absolute atomic E-state index is 0.547. The minimum atomic E-state index is 0.547. The van der Waals surface area contributed by atoms with E-state index < -0.39 is 0 Å². The van der Waals surface area contributed by atoms with Gasteiger partial charge in [-0.1, -0.05) is 75.2 Å². The summed E-state index contributed by atoms with van der Waals surface area (Å²) in [6.45, 7) is 13.5. The third-order valence-corrected chi connectivity index (χ3v) is 3.95. The molecule has 0 saturated carbocycles. The average molecular weight is 266 g/mol. The summed E-state index contributed by atoms with van der Waals surface area (Å²) in [7, 11) is 0. The highest BCUT2D eigenvalue weighted by Crippen LogP contribution is 2.35. The Morgan fingerprint density at radius 2 is 0.950 bits per heavy atom. The van der Waals surface area contributed by atoms with Crippen molar-refractivity contribution in [1.29, 1.82) is 0 Å². The zero-order valence-electron chi connectivity index (χ0n) is 13.6. The summed E-state index contributed by atoms with van der Waals surface area (Å²) in [5, 5.41) is 0. The Balaban J connectivity index is 2.68. The van der Waals surface area contributed by atoms with Gasteiger partial charge in [-0.25, -0.2) is 0 Å². The van der Waals surface area contributed by atoms with Crippen LogP contribution in [0, 0.1) is 13.8 Å². The largest absolute Gasteiger partial charge is 0.0587 e. The van der Waals surface area contributed by atoms with Crippen LogP contribution >= 0.6 is 0 Å². The third-order valence-electron chi connectivity index (χ3n) is 3.95. The summed E-state index contributed by atoms with van der Waals surface area (Å²) in [4.78, 5) is 0. The first-order chi connectivity index (χ1) is 9.40. The molecule has 0 radical (unpaired) electrons. The van der Waals surface area contributed by atoms with Crippen LogP contribution in [0.2, 0.25) is 0 Å². The average Bonchev–Trinajstić information content (AvgIpc) is 2.38. The van der Waals surface area contributed by atoms with Gasteiger partial charge in [0.25, 0.3) is 0 Å². The molecule has 0 amide bonds. The van der Waals surface area contributed by atoms with Crippen LogP contribution < -0.4 is 0 Å². The van der Waals surface area contributed by atoms with Crippen molar-refractivity contribution in [2.75, 3.05) is 0 Å². The van der Waals surface area contributed by atoms with Crippen LogP contribution in [0.25, 0.3) is 11.1 Å². The van der Waals surface area contributed by atoms with Crippen LogP contribution in [0.1, 0.15) is 61.8 Å². The van der Waals surface area contributed by atoms with Crippen LogP contribution in [0.3, 0.4) is 0 Å². The van der Waals surface area contributed by atoms with Crippen molar-refractivity contribution in [2.45, 2.75) is 53.4 Å². The summed E-state index contributed by atoms with van der Waals surface area (Å²) >= 11 is 0. The maximum absolute atomic E-state index is 2.34. The SMILES string of the molecule is Cc1ccc(-c2ccc(C)cc2C(C)C)c(C(C)C)c1. The van der Waals surface area contributed by atoms with Gasteiger partial charge in [0.1, 0.15) is 0 Å². The van der Waals surface area contributed by atoms with Gasteiger partial charge in [-0.05, 0) is 47.9 Å². The normalized spacial score (nSPS) is 11.4. The van der Waals surface area contributed by atoms with Gasteiger partial charge in [-0.15, -0.1) is 0 Å².